The molecule has 7 heteroatoms. The van der Waals surface area contributed by atoms with Gasteiger partial charge in [-0.05, 0) is 14.0 Å². The Morgan fingerprint density at radius 3 is 2.83 bits per heavy atom. The van der Waals surface area contributed by atoms with E-state index < -0.39 is 0 Å². The van der Waals surface area contributed by atoms with Crippen molar-refractivity contribution in [3.8, 4) is 0 Å². The van der Waals surface area contributed by atoms with Gasteiger partial charge in [0.15, 0.2) is 0 Å². The number of likely N-dealkylation sites (N-methyl/N-ethyl adjacent to an activating group) is 1. The Labute approximate surface area is 107 Å². The van der Waals surface area contributed by atoms with E-state index >= 15 is 0 Å². The molecule has 1 unspecified atom stereocenters. The molecular formula is C11H20N6O. The second kappa shape index (κ2) is 5.92. The molecule has 2 heterocycles. The van der Waals surface area contributed by atoms with Crippen molar-refractivity contribution < 1.29 is 4.79 Å². The Morgan fingerprint density at radius 1 is 1.50 bits per heavy atom. The van der Waals surface area contributed by atoms with Crippen molar-refractivity contribution in [1.82, 2.24) is 30.3 Å². The molecule has 1 aliphatic rings. The van der Waals surface area contributed by atoms with Crippen molar-refractivity contribution in [2.24, 2.45) is 0 Å². The van der Waals surface area contributed by atoms with Gasteiger partial charge in [0.1, 0.15) is 12.2 Å². The van der Waals surface area contributed by atoms with Gasteiger partial charge in [0.05, 0.1) is 12.6 Å². The van der Waals surface area contributed by atoms with Gasteiger partial charge in [-0.3, -0.25) is 14.8 Å². The van der Waals surface area contributed by atoms with E-state index in [2.05, 4.69) is 37.3 Å². The minimum absolute atomic E-state index is 0.0379. The normalized spacial score (nSPS) is 19.7. The summed E-state index contributed by atoms with van der Waals surface area (Å²) in [5, 5.41) is 9.33. The Morgan fingerprint density at radius 2 is 2.22 bits per heavy atom. The number of H-pyrrole nitrogens is 1. The zero-order valence-electron chi connectivity index (χ0n) is 10.9. The largest absolute Gasteiger partial charge is 0.347 e. The molecule has 0 aliphatic carbocycles. The van der Waals surface area contributed by atoms with Crippen LogP contribution in [0.3, 0.4) is 0 Å². The van der Waals surface area contributed by atoms with Crippen molar-refractivity contribution >= 4 is 5.91 Å². The molecule has 1 atom stereocenters. The number of hydrogen-bond donors (Lipinski definition) is 2. The Bertz CT molecular complexity index is 371. The molecule has 1 fully saturated rings. The van der Waals surface area contributed by atoms with Crippen molar-refractivity contribution in [1.29, 1.82) is 0 Å². The van der Waals surface area contributed by atoms with Crippen LogP contribution in [0.2, 0.25) is 0 Å². The van der Waals surface area contributed by atoms with E-state index in [0.717, 1.165) is 26.2 Å². The van der Waals surface area contributed by atoms with Crippen LogP contribution in [0.15, 0.2) is 6.33 Å². The van der Waals surface area contributed by atoms with Crippen LogP contribution in [0, 0.1) is 0 Å². The quantitative estimate of drug-likeness (QED) is 0.723. The van der Waals surface area contributed by atoms with Crippen LogP contribution in [0.5, 0.6) is 0 Å². The van der Waals surface area contributed by atoms with Crippen molar-refractivity contribution in [2.45, 2.75) is 19.5 Å². The highest BCUT2D eigenvalue weighted by Gasteiger charge is 2.24. The van der Waals surface area contributed by atoms with Crippen LogP contribution in [-0.4, -0.2) is 70.2 Å². The predicted octanol–water partition coefficient (Wildman–Crippen LogP) is -0.943. The molecule has 1 amide bonds. The van der Waals surface area contributed by atoms with Gasteiger partial charge in [0.25, 0.3) is 0 Å². The SMILES string of the molecule is CC(C(=O)NCc1ncn[nH]1)N1CCN(C)CC1. The highest BCUT2D eigenvalue weighted by molar-refractivity contribution is 5.81. The van der Waals surface area contributed by atoms with E-state index in [1.165, 1.54) is 6.33 Å². The lowest BCUT2D eigenvalue weighted by Gasteiger charge is -2.35. The number of nitrogens with zero attached hydrogens (tertiary/aromatic N) is 4. The first-order chi connectivity index (χ1) is 8.66. The van der Waals surface area contributed by atoms with Crippen molar-refractivity contribution in [2.75, 3.05) is 33.2 Å². The summed E-state index contributed by atoms with van der Waals surface area (Å²) >= 11 is 0. The highest BCUT2D eigenvalue weighted by atomic mass is 16.2. The molecule has 0 spiro atoms. The van der Waals surface area contributed by atoms with Gasteiger partial charge in [-0.15, -0.1) is 0 Å². The van der Waals surface area contributed by atoms with E-state index in [-0.39, 0.29) is 11.9 Å². The molecule has 2 rings (SSSR count). The topological polar surface area (TPSA) is 77.1 Å². The Kier molecular flexibility index (Phi) is 4.27. The number of hydrogen-bond acceptors (Lipinski definition) is 5. The first-order valence-electron chi connectivity index (χ1n) is 6.21. The van der Waals surface area contributed by atoms with Crippen molar-refractivity contribution in [3.63, 3.8) is 0 Å². The number of aromatic amines is 1. The molecule has 2 N–H and O–H groups in total. The number of rotatable bonds is 4. The van der Waals surface area contributed by atoms with E-state index in [1.54, 1.807) is 0 Å². The Hall–Kier alpha value is -1.47. The highest BCUT2D eigenvalue weighted by Crippen LogP contribution is 2.05. The lowest BCUT2D eigenvalue weighted by atomic mass is 10.2. The molecule has 0 saturated carbocycles. The van der Waals surface area contributed by atoms with Crippen LogP contribution in [-0.2, 0) is 11.3 Å². The number of piperazine rings is 1. The number of nitrogens with one attached hydrogen (secondary N) is 2. The number of aromatic nitrogens is 3. The molecule has 18 heavy (non-hydrogen) atoms. The summed E-state index contributed by atoms with van der Waals surface area (Å²) < 4.78 is 0. The fraction of sp³-hybridized carbons (Fsp3) is 0.727. The van der Waals surface area contributed by atoms with Gasteiger partial charge in [0.2, 0.25) is 5.91 Å². The summed E-state index contributed by atoms with van der Waals surface area (Å²) in [5.74, 6) is 0.713. The molecule has 1 aromatic rings. The smallest absolute Gasteiger partial charge is 0.237 e. The lowest BCUT2D eigenvalue weighted by molar-refractivity contribution is -0.126. The average Bonchev–Trinajstić information content (AvgIpc) is 2.89. The summed E-state index contributed by atoms with van der Waals surface area (Å²) in [6.45, 7) is 6.25. The fourth-order valence-corrected chi connectivity index (χ4v) is 2.01. The standard InChI is InChI=1S/C11H20N6O/c1-9(17-5-3-16(2)4-6-17)11(18)12-7-10-13-8-14-15-10/h8-9H,3-7H2,1-2H3,(H,12,18)(H,13,14,15). The fourth-order valence-electron chi connectivity index (χ4n) is 2.01. The second-order valence-electron chi connectivity index (χ2n) is 4.67. The van der Waals surface area contributed by atoms with Crippen LogP contribution in [0.1, 0.15) is 12.7 Å². The summed E-state index contributed by atoms with van der Waals surface area (Å²) in [5.41, 5.74) is 0. The van der Waals surface area contributed by atoms with E-state index in [4.69, 9.17) is 0 Å². The van der Waals surface area contributed by atoms with Gasteiger partial charge in [-0.25, -0.2) is 4.98 Å². The number of amides is 1. The minimum Gasteiger partial charge on any atom is -0.347 e. The van der Waals surface area contributed by atoms with Crippen molar-refractivity contribution in [3.05, 3.63) is 12.2 Å². The number of carbonyl (C=O) groups excluding carboxylic acids is 1. The lowest BCUT2D eigenvalue weighted by Crippen LogP contribution is -2.52. The molecule has 1 aromatic heterocycles. The van der Waals surface area contributed by atoms with Gasteiger partial charge in [-0.2, -0.15) is 5.10 Å². The summed E-state index contributed by atoms with van der Waals surface area (Å²) in [6.07, 6.45) is 1.44. The summed E-state index contributed by atoms with van der Waals surface area (Å²) in [6, 6.07) is -0.0957. The first-order valence-corrected chi connectivity index (χ1v) is 6.21. The van der Waals surface area contributed by atoms with E-state index in [1.807, 2.05) is 6.92 Å². The van der Waals surface area contributed by atoms with Gasteiger partial charge in [-0.1, -0.05) is 0 Å². The second-order valence-corrected chi connectivity index (χ2v) is 4.67. The van der Waals surface area contributed by atoms with E-state index in [9.17, 15) is 4.79 Å². The summed E-state index contributed by atoms with van der Waals surface area (Å²) in [4.78, 5) is 20.4. The molecular weight excluding hydrogens is 232 g/mol. The molecule has 0 radical (unpaired) electrons. The third-order valence-corrected chi connectivity index (χ3v) is 3.36. The third kappa shape index (κ3) is 3.27. The molecule has 100 valence electrons. The molecule has 1 saturated heterocycles. The third-order valence-electron chi connectivity index (χ3n) is 3.36. The molecule has 7 nitrogen and oxygen atoms in total. The average molecular weight is 252 g/mol. The monoisotopic (exact) mass is 252 g/mol. The molecule has 0 bridgehead atoms. The van der Waals surface area contributed by atoms with Crippen LogP contribution < -0.4 is 5.32 Å². The van der Waals surface area contributed by atoms with Crippen LogP contribution >= 0.6 is 0 Å². The maximum atomic E-state index is 12.0. The van der Waals surface area contributed by atoms with Crippen LogP contribution in [0.4, 0.5) is 0 Å². The zero-order chi connectivity index (χ0) is 13.0. The van der Waals surface area contributed by atoms with Gasteiger partial charge < -0.3 is 10.2 Å². The van der Waals surface area contributed by atoms with E-state index in [0.29, 0.717) is 12.4 Å². The number of carbonyl (C=O) groups is 1. The predicted molar refractivity (Wildman–Crippen MR) is 66.8 cm³/mol. The maximum absolute atomic E-state index is 12.0. The molecule has 0 aromatic carbocycles. The van der Waals surface area contributed by atoms with Gasteiger partial charge >= 0.3 is 0 Å². The first kappa shape index (κ1) is 13.0. The maximum Gasteiger partial charge on any atom is 0.237 e. The van der Waals surface area contributed by atoms with Gasteiger partial charge in [0, 0.05) is 26.2 Å². The van der Waals surface area contributed by atoms with Crippen LogP contribution in [0.25, 0.3) is 0 Å². The summed E-state index contributed by atoms with van der Waals surface area (Å²) in [7, 11) is 2.10. The minimum atomic E-state index is -0.0957. The Balaban J connectivity index is 1.77. The zero-order valence-corrected chi connectivity index (χ0v) is 10.9. The molecule has 1 aliphatic heterocycles.